The van der Waals surface area contributed by atoms with Crippen molar-refractivity contribution >= 4 is 11.9 Å². The Hall–Kier alpha value is -1.32. The Bertz CT molecular complexity index is 596. The van der Waals surface area contributed by atoms with E-state index in [-0.39, 0.29) is 0 Å². The third kappa shape index (κ3) is 9.09. The molecule has 0 amide bonds. The van der Waals surface area contributed by atoms with E-state index in [1.54, 1.807) is 0 Å². The van der Waals surface area contributed by atoms with Gasteiger partial charge < -0.3 is 10.2 Å². The van der Waals surface area contributed by atoms with E-state index in [0.29, 0.717) is 25.7 Å². The first kappa shape index (κ1) is 29.7. The number of unbranched alkanes of at least 4 members (excludes halogenated alkanes) is 14. The van der Waals surface area contributed by atoms with Crippen LogP contribution in [0.25, 0.3) is 0 Å². The molecular formula is C29H52O4. The molecule has 2 atom stereocenters. The second-order valence-electron chi connectivity index (χ2n) is 10.7. The number of carbonyl (C=O) groups is 2. The molecule has 0 fully saturated rings. The van der Waals surface area contributed by atoms with Gasteiger partial charge in [-0.2, -0.15) is 0 Å². The van der Waals surface area contributed by atoms with Gasteiger partial charge in [-0.05, 0) is 32.6 Å². The fraction of sp³-hybridized carbons (Fsp3) is 0.862. The van der Waals surface area contributed by atoms with E-state index in [2.05, 4.69) is 13.8 Å². The minimum absolute atomic E-state index is 0.355. The number of rotatable bonds is 20. The maximum Gasteiger partial charge on any atom is 0.311 e. The molecule has 0 aromatic rings. The van der Waals surface area contributed by atoms with Crippen molar-refractivity contribution in [1.29, 1.82) is 0 Å². The predicted octanol–water partition coefficient (Wildman–Crippen LogP) is 8.93. The van der Waals surface area contributed by atoms with Crippen LogP contribution in [0.15, 0.2) is 11.6 Å². The molecule has 1 rings (SSSR count). The average Bonchev–Trinajstić information content (AvgIpc) is 2.78. The smallest absolute Gasteiger partial charge is 0.311 e. The molecule has 1 aliphatic rings. The van der Waals surface area contributed by atoms with Crippen molar-refractivity contribution in [3.05, 3.63) is 11.6 Å². The first-order valence-electron chi connectivity index (χ1n) is 14.0. The summed E-state index contributed by atoms with van der Waals surface area (Å²) in [6.45, 7) is 6.40. The lowest BCUT2D eigenvalue weighted by Gasteiger charge is -2.48. The third-order valence-corrected chi connectivity index (χ3v) is 8.03. The van der Waals surface area contributed by atoms with Crippen LogP contribution >= 0.6 is 0 Å². The first-order chi connectivity index (χ1) is 15.9. The first-order valence-corrected chi connectivity index (χ1v) is 14.0. The van der Waals surface area contributed by atoms with Crippen LogP contribution in [-0.4, -0.2) is 22.2 Å². The zero-order valence-corrected chi connectivity index (χ0v) is 21.9. The number of allylic oxidation sites excluding steroid dienone is 2. The highest BCUT2D eigenvalue weighted by molar-refractivity contribution is 5.87. The van der Waals surface area contributed by atoms with E-state index in [1.165, 1.54) is 64.2 Å². The van der Waals surface area contributed by atoms with Crippen molar-refractivity contribution in [3.8, 4) is 0 Å². The Labute approximate surface area is 203 Å². The number of hydrogen-bond donors (Lipinski definition) is 2. The molecule has 1 aliphatic carbocycles. The summed E-state index contributed by atoms with van der Waals surface area (Å²) in [6.07, 6.45) is 22.0. The van der Waals surface area contributed by atoms with E-state index in [9.17, 15) is 19.8 Å². The Morgan fingerprint density at radius 1 is 0.667 bits per heavy atom. The Kier molecular flexibility index (Phi) is 14.7. The topological polar surface area (TPSA) is 74.6 Å². The van der Waals surface area contributed by atoms with Crippen molar-refractivity contribution in [2.75, 3.05) is 0 Å². The molecule has 0 aromatic carbocycles. The monoisotopic (exact) mass is 464 g/mol. The Morgan fingerprint density at radius 3 is 1.42 bits per heavy atom. The van der Waals surface area contributed by atoms with Crippen molar-refractivity contribution < 1.29 is 19.8 Å². The molecule has 0 aromatic heterocycles. The molecule has 0 bridgehead atoms. The molecule has 0 saturated heterocycles. The lowest BCUT2D eigenvalue weighted by molar-refractivity contribution is -0.177. The SMILES string of the molecule is CCCCCCCCCCC1(C(=O)O)CC=C(C)CC1(CCCCCCCCCC)C(=O)O. The van der Waals surface area contributed by atoms with Crippen LogP contribution in [0.3, 0.4) is 0 Å². The number of hydrogen-bond acceptors (Lipinski definition) is 2. The van der Waals surface area contributed by atoms with E-state index < -0.39 is 22.8 Å². The highest BCUT2D eigenvalue weighted by Gasteiger charge is 2.61. The summed E-state index contributed by atoms with van der Waals surface area (Å²) < 4.78 is 0. The normalized spacial score (nSPS) is 22.8. The molecule has 2 N–H and O–H groups in total. The van der Waals surface area contributed by atoms with Gasteiger partial charge >= 0.3 is 11.9 Å². The fourth-order valence-corrected chi connectivity index (χ4v) is 5.84. The number of carboxylic acid groups (broad SMARTS) is 2. The molecular weight excluding hydrogens is 412 g/mol. The second kappa shape index (κ2) is 16.3. The molecule has 2 unspecified atom stereocenters. The molecule has 192 valence electrons. The number of carboxylic acids is 2. The molecule has 0 saturated carbocycles. The molecule has 0 spiro atoms. The van der Waals surface area contributed by atoms with E-state index in [4.69, 9.17) is 0 Å². The van der Waals surface area contributed by atoms with Gasteiger partial charge in [0.25, 0.3) is 0 Å². The highest BCUT2D eigenvalue weighted by Crippen LogP contribution is 2.56. The summed E-state index contributed by atoms with van der Waals surface area (Å²) >= 11 is 0. The highest BCUT2D eigenvalue weighted by atomic mass is 16.4. The average molecular weight is 465 g/mol. The molecule has 0 aliphatic heterocycles. The number of aliphatic carboxylic acids is 2. The van der Waals surface area contributed by atoms with Gasteiger partial charge in [0.1, 0.15) is 0 Å². The summed E-state index contributed by atoms with van der Waals surface area (Å²) in [5.41, 5.74) is -1.33. The maximum absolute atomic E-state index is 12.7. The second-order valence-corrected chi connectivity index (χ2v) is 10.7. The van der Waals surface area contributed by atoms with Crippen LogP contribution in [-0.2, 0) is 9.59 Å². The fourth-order valence-electron chi connectivity index (χ4n) is 5.84. The summed E-state index contributed by atoms with van der Waals surface area (Å²) in [5.74, 6) is -1.81. The third-order valence-electron chi connectivity index (χ3n) is 8.03. The lowest BCUT2D eigenvalue weighted by atomic mass is 9.52. The van der Waals surface area contributed by atoms with Crippen LogP contribution in [0.4, 0.5) is 0 Å². The molecule has 4 heteroatoms. The minimum Gasteiger partial charge on any atom is -0.481 e. The zero-order chi connectivity index (χ0) is 24.6. The molecule has 0 heterocycles. The van der Waals surface area contributed by atoms with Crippen LogP contribution in [0.5, 0.6) is 0 Å². The summed E-state index contributed by atoms with van der Waals surface area (Å²) in [4.78, 5) is 25.4. The van der Waals surface area contributed by atoms with Gasteiger partial charge in [-0.3, -0.25) is 9.59 Å². The van der Waals surface area contributed by atoms with Crippen LogP contribution < -0.4 is 0 Å². The molecule has 4 nitrogen and oxygen atoms in total. The Balaban J connectivity index is 2.75. The Morgan fingerprint density at radius 2 is 1.03 bits per heavy atom. The van der Waals surface area contributed by atoms with Crippen LogP contribution in [0, 0.1) is 10.8 Å². The lowest BCUT2D eigenvalue weighted by Crippen LogP contribution is -2.54. The van der Waals surface area contributed by atoms with Crippen molar-refractivity contribution in [1.82, 2.24) is 0 Å². The van der Waals surface area contributed by atoms with E-state index >= 15 is 0 Å². The zero-order valence-electron chi connectivity index (χ0n) is 21.9. The quantitative estimate of drug-likeness (QED) is 0.139. The van der Waals surface area contributed by atoms with Gasteiger partial charge in [-0.1, -0.05) is 128 Å². The van der Waals surface area contributed by atoms with Gasteiger partial charge in [0.05, 0.1) is 10.8 Å². The minimum atomic E-state index is -1.18. The van der Waals surface area contributed by atoms with Crippen molar-refractivity contribution in [3.63, 3.8) is 0 Å². The largest absolute Gasteiger partial charge is 0.481 e. The van der Waals surface area contributed by atoms with Crippen LogP contribution in [0.2, 0.25) is 0 Å². The molecule has 0 radical (unpaired) electrons. The van der Waals surface area contributed by atoms with Gasteiger partial charge in [0.15, 0.2) is 0 Å². The van der Waals surface area contributed by atoms with Gasteiger partial charge in [0.2, 0.25) is 0 Å². The van der Waals surface area contributed by atoms with Crippen molar-refractivity contribution in [2.45, 2.75) is 149 Å². The van der Waals surface area contributed by atoms with Gasteiger partial charge in [0, 0.05) is 0 Å². The maximum atomic E-state index is 12.7. The summed E-state index contributed by atoms with van der Waals surface area (Å²) in [6, 6.07) is 0. The van der Waals surface area contributed by atoms with Crippen molar-refractivity contribution in [2.24, 2.45) is 10.8 Å². The molecule has 33 heavy (non-hydrogen) atoms. The van der Waals surface area contributed by atoms with Gasteiger partial charge in [-0.25, -0.2) is 0 Å². The summed E-state index contributed by atoms with van der Waals surface area (Å²) in [5, 5.41) is 20.8. The van der Waals surface area contributed by atoms with E-state index in [0.717, 1.165) is 44.1 Å². The standard InChI is InChI=1S/C29H52O4/c1-4-6-8-10-12-14-16-18-21-28(26(30)31)23-20-25(3)24-29(28,27(32)33)22-19-17-15-13-11-9-7-5-2/h20H,4-19,21-24H2,1-3H3,(H,30,31)(H,32,33). The summed E-state index contributed by atoms with van der Waals surface area (Å²) in [7, 11) is 0. The predicted molar refractivity (Wildman–Crippen MR) is 138 cm³/mol. The van der Waals surface area contributed by atoms with E-state index in [1.807, 2.05) is 13.0 Å². The van der Waals surface area contributed by atoms with Gasteiger partial charge in [-0.15, -0.1) is 0 Å². The van der Waals surface area contributed by atoms with Crippen LogP contribution in [0.1, 0.15) is 149 Å².